The van der Waals surface area contributed by atoms with Crippen LogP contribution in [0, 0.1) is 0 Å². The van der Waals surface area contributed by atoms with Gasteiger partial charge in [0.05, 0.1) is 0 Å². The van der Waals surface area contributed by atoms with Crippen LogP contribution in [0.3, 0.4) is 0 Å². The zero-order valence-corrected chi connectivity index (χ0v) is 10.7. The maximum Gasteiger partial charge on any atom is 0.316 e. The van der Waals surface area contributed by atoms with Crippen molar-refractivity contribution in [3.05, 3.63) is 64.9 Å². The quantitative estimate of drug-likeness (QED) is 0.761. The van der Waals surface area contributed by atoms with Crippen molar-refractivity contribution in [3.63, 3.8) is 0 Å². The van der Waals surface area contributed by atoms with Crippen molar-refractivity contribution in [1.82, 2.24) is 15.1 Å². The Kier molecular flexibility index (Phi) is 3.30. The lowest BCUT2D eigenvalue weighted by Crippen LogP contribution is -2.12. The number of aromatic nitrogens is 3. The molecule has 2 N–H and O–H groups in total. The minimum atomic E-state index is -0.496. The molecule has 0 aliphatic heterocycles. The second-order valence-electron chi connectivity index (χ2n) is 4.18. The van der Waals surface area contributed by atoms with Gasteiger partial charge in [-0.25, -0.2) is 0 Å². The molecule has 1 aromatic carbocycles. The molecule has 0 spiro atoms. The smallest absolute Gasteiger partial charge is 0.316 e. The van der Waals surface area contributed by atoms with Crippen LogP contribution in [0.25, 0.3) is 11.4 Å². The first kappa shape index (κ1) is 12.8. The number of carbonyl (C=O) groups is 1. The van der Waals surface area contributed by atoms with E-state index in [-0.39, 0.29) is 17.3 Å². The number of para-hydroxylation sites is 1. The number of amides is 1. The number of aromatic amines is 1. The van der Waals surface area contributed by atoms with Crippen molar-refractivity contribution < 1.29 is 9.32 Å². The van der Waals surface area contributed by atoms with Gasteiger partial charge in [0.2, 0.25) is 11.4 Å². The molecule has 21 heavy (non-hydrogen) atoms. The van der Waals surface area contributed by atoms with Crippen LogP contribution >= 0.6 is 0 Å². The number of rotatable bonds is 3. The summed E-state index contributed by atoms with van der Waals surface area (Å²) < 4.78 is 4.92. The predicted molar refractivity (Wildman–Crippen MR) is 74.7 cm³/mol. The summed E-state index contributed by atoms with van der Waals surface area (Å²) in [4.78, 5) is 29.4. The van der Waals surface area contributed by atoms with E-state index in [1.165, 1.54) is 12.3 Å². The lowest BCUT2D eigenvalue weighted by molar-refractivity contribution is 0.0981. The molecule has 7 nitrogen and oxygen atoms in total. The summed E-state index contributed by atoms with van der Waals surface area (Å²) in [6.45, 7) is 0. The van der Waals surface area contributed by atoms with Crippen LogP contribution in [0.2, 0.25) is 0 Å². The summed E-state index contributed by atoms with van der Waals surface area (Å²) in [5.41, 5.74) is 0.952. The molecule has 0 bridgehead atoms. The van der Waals surface area contributed by atoms with Crippen molar-refractivity contribution in [2.45, 2.75) is 0 Å². The standard InChI is InChI=1S/C14H10N4O3/c19-11-7-6-9(8-15-11)12-17-14(21-18-12)13(20)16-10-4-2-1-3-5-10/h1-8H,(H,15,19)(H,16,20). The summed E-state index contributed by atoms with van der Waals surface area (Å²) in [6, 6.07) is 11.8. The van der Waals surface area contributed by atoms with Gasteiger partial charge in [0.15, 0.2) is 0 Å². The van der Waals surface area contributed by atoms with Gasteiger partial charge in [0.1, 0.15) is 0 Å². The van der Waals surface area contributed by atoms with Crippen molar-refractivity contribution in [1.29, 1.82) is 0 Å². The van der Waals surface area contributed by atoms with E-state index in [2.05, 4.69) is 20.4 Å². The monoisotopic (exact) mass is 282 g/mol. The Morgan fingerprint density at radius 3 is 2.67 bits per heavy atom. The van der Waals surface area contributed by atoms with Gasteiger partial charge in [-0.3, -0.25) is 9.59 Å². The van der Waals surface area contributed by atoms with E-state index in [1.54, 1.807) is 30.3 Å². The molecule has 0 aliphatic carbocycles. The Morgan fingerprint density at radius 2 is 1.95 bits per heavy atom. The third-order valence-electron chi connectivity index (χ3n) is 2.69. The molecule has 3 aromatic rings. The Labute approximate surface area is 118 Å². The molecule has 0 fully saturated rings. The first-order chi connectivity index (χ1) is 10.2. The maximum absolute atomic E-state index is 11.9. The molecule has 7 heteroatoms. The first-order valence-corrected chi connectivity index (χ1v) is 6.11. The molecule has 0 unspecified atom stereocenters. The van der Waals surface area contributed by atoms with Gasteiger partial charge < -0.3 is 14.8 Å². The summed E-state index contributed by atoms with van der Waals surface area (Å²) in [5.74, 6) is -0.422. The molecule has 0 saturated heterocycles. The third kappa shape index (κ3) is 2.86. The van der Waals surface area contributed by atoms with Gasteiger partial charge >= 0.3 is 11.8 Å². The van der Waals surface area contributed by atoms with E-state index in [9.17, 15) is 9.59 Å². The molecule has 0 atom stereocenters. The highest BCUT2D eigenvalue weighted by molar-refractivity contribution is 6.01. The number of anilines is 1. The fourth-order valence-corrected chi connectivity index (χ4v) is 1.69. The zero-order valence-electron chi connectivity index (χ0n) is 10.7. The molecule has 0 aliphatic rings. The van der Waals surface area contributed by atoms with E-state index in [0.717, 1.165) is 0 Å². The highest BCUT2D eigenvalue weighted by atomic mass is 16.5. The van der Waals surface area contributed by atoms with E-state index in [4.69, 9.17) is 4.52 Å². The highest BCUT2D eigenvalue weighted by Crippen LogP contribution is 2.14. The zero-order chi connectivity index (χ0) is 14.7. The number of hydrogen-bond donors (Lipinski definition) is 2. The molecule has 0 radical (unpaired) electrons. The molecule has 0 saturated carbocycles. The lowest BCUT2D eigenvalue weighted by atomic mass is 10.3. The van der Waals surface area contributed by atoms with Gasteiger partial charge in [-0.2, -0.15) is 4.98 Å². The molecular formula is C14H10N4O3. The number of carbonyl (C=O) groups excluding carboxylic acids is 1. The normalized spacial score (nSPS) is 10.3. The van der Waals surface area contributed by atoms with Crippen LogP contribution < -0.4 is 10.9 Å². The summed E-state index contributed by atoms with van der Waals surface area (Å²) in [5, 5.41) is 6.35. The lowest BCUT2D eigenvalue weighted by Gasteiger charge is -1.99. The third-order valence-corrected chi connectivity index (χ3v) is 2.69. The number of pyridine rings is 1. The van der Waals surface area contributed by atoms with Crippen molar-refractivity contribution in [2.75, 3.05) is 5.32 Å². The molecule has 2 aromatic heterocycles. The molecular weight excluding hydrogens is 272 g/mol. The van der Waals surface area contributed by atoms with E-state index in [0.29, 0.717) is 11.3 Å². The largest absolute Gasteiger partial charge is 0.328 e. The van der Waals surface area contributed by atoms with E-state index < -0.39 is 5.91 Å². The van der Waals surface area contributed by atoms with Gasteiger partial charge in [-0.05, 0) is 18.2 Å². The van der Waals surface area contributed by atoms with Crippen molar-refractivity contribution in [3.8, 4) is 11.4 Å². The van der Waals surface area contributed by atoms with Gasteiger partial charge in [0, 0.05) is 23.5 Å². The summed E-state index contributed by atoms with van der Waals surface area (Å²) in [7, 11) is 0. The first-order valence-electron chi connectivity index (χ1n) is 6.11. The Morgan fingerprint density at radius 1 is 1.14 bits per heavy atom. The van der Waals surface area contributed by atoms with Crippen LogP contribution in [0.5, 0.6) is 0 Å². The van der Waals surface area contributed by atoms with Crippen LogP contribution in [0.4, 0.5) is 5.69 Å². The molecule has 2 heterocycles. The SMILES string of the molecule is O=C(Nc1ccccc1)c1nc(-c2ccc(=O)[nH]c2)no1. The van der Waals surface area contributed by atoms with Crippen molar-refractivity contribution >= 4 is 11.6 Å². The predicted octanol–water partition coefficient (Wildman–Crippen LogP) is 1.68. The number of hydrogen-bond acceptors (Lipinski definition) is 5. The Balaban J connectivity index is 1.80. The second-order valence-corrected chi connectivity index (χ2v) is 4.18. The van der Waals surface area contributed by atoms with Crippen LogP contribution in [-0.2, 0) is 0 Å². The highest BCUT2D eigenvalue weighted by Gasteiger charge is 2.16. The van der Waals surface area contributed by atoms with Crippen LogP contribution in [-0.4, -0.2) is 21.0 Å². The topological polar surface area (TPSA) is 101 Å². The summed E-state index contributed by atoms with van der Waals surface area (Å²) in [6.07, 6.45) is 1.45. The number of benzene rings is 1. The number of H-pyrrole nitrogens is 1. The van der Waals surface area contributed by atoms with Gasteiger partial charge in [-0.1, -0.05) is 23.4 Å². The van der Waals surface area contributed by atoms with Crippen LogP contribution in [0.15, 0.2) is 58.0 Å². The van der Waals surface area contributed by atoms with Gasteiger partial charge in [-0.15, -0.1) is 0 Å². The van der Waals surface area contributed by atoms with E-state index in [1.807, 2.05) is 6.07 Å². The minimum Gasteiger partial charge on any atom is -0.328 e. The molecule has 3 rings (SSSR count). The maximum atomic E-state index is 11.9. The Hall–Kier alpha value is -3.22. The number of nitrogens with one attached hydrogen (secondary N) is 2. The average molecular weight is 282 g/mol. The van der Waals surface area contributed by atoms with Crippen molar-refractivity contribution in [2.24, 2.45) is 0 Å². The van der Waals surface area contributed by atoms with Gasteiger partial charge in [0.25, 0.3) is 0 Å². The fourth-order valence-electron chi connectivity index (χ4n) is 1.69. The molecule has 1 amide bonds. The summed E-state index contributed by atoms with van der Waals surface area (Å²) >= 11 is 0. The van der Waals surface area contributed by atoms with E-state index >= 15 is 0 Å². The number of nitrogens with zero attached hydrogens (tertiary/aromatic N) is 2. The fraction of sp³-hybridized carbons (Fsp3) is 0. The molecule has 104 valence electrons. The van der Waals surface area contributed by atoms with Crippen LogP contribution in [0.1, 0.15) is 10.7 Å². The minimum absolute atomic E-state index is 0.153. The average Bonchev–Trinajstić information content (AvgIpc) is 2.99. The second kappa shape index (κ2) is 5.41. The Bertz CT molecular complexity index is 803.